The lowest BCUT2D eigenvalue weighted by molar-refractivity contribution is -0.142. The van der Waals surface area contributed by atoms with Crippen LogP contribution in [0.1, 0.15) is 0 Å². The molecule has 1 N–H and O–H groups in total. The van der Waals surface area contributed by atoms with Gasteiger partial charge in [-0.3, -0.25) is 9.59 Å². The largest absolute Gasteiger partial charge is 0.508 e. The zero-order chi connectivity index (χ0) is 12.0. The summed E-state index contributed by atoms with van der Waals surface area (Å²) >= 11 is 0. The molecule has 0 amide bonds. The van der Waals surface area contributed by atoms with E-state index in [4.69, 9.17) is 9.84 Å². The standard InChI is InChI=1S/C8H11O7P/c9-6(10)3-16-4-7(11)13-1-5-2-14-8(12)15-5/h5,16H,1-4H2,(H,9,10). The molecule has 2 atom stereocenters. The second-order valence-electron chi connectivity index (χ2n) is 2.98. The van der Waals surface area contributed by atoms with E-state index < -0.39 is 24.2 Å². The van der Waals surface area contributed by atoms with Crippen LogP contribution in [0.3, 0.4) is 0 Å². The van der Waals surface area contributed by atoms with E-state index in [9.17, 15) is 14.4 Å². The number of carboxylic acid groups (broad SMARTS) is 1. The number of esters is 1. The number of carboxylic acids is 1. The molecule has 0 spiro atoms. The van der Waals surface area contributed by atoms with Crippen molar-refractivity contribution in [2.24, 2.45) is 0 Å². The van der Waals surface area contributed by atoms with Crippen molar-refractivity contribution in [2.75, 3.05) is 25.5 Å². The summed E-state index contributed by atoms with van der Waals surface area (Å²) in [5.41, 5.74) is 0. The van der Waals surface area contributed by atoms with Crippen molar-refractivity contribution < 1.29 is 33.7 Å². The van der Waals surface area contributed by atoms with E-state index in [0.29, 0.717) is 0 Å². The van der Waals surface area contributed by atoms with Gasteiger partial charge in [0, 0.05) is 0 Å². The molecular formula is C8H11O7P. The molecule has 16 heavy (non-hydrogen) atoms. The van der Waals surface area contributed by atoms with Gasteiger partial charge in [0.25, 0.3) is 0 Å². The van der Waals surface area contributed by atoms with Gasteiger partial charge in [0.1, 0.15) is 13.2 Å². The third-order valence-electron chi connectivity index (χ3n) is 1.63. The van der Waals surface area contributed by atoms with E-state index in [-0.39, 0.29) is 34.1 Å². The van der Waals surface area contributed by atoms with Gasteiger partial charge in [0.15, 0.2) is 6.10 Å². The van der Waals surface area contributed by atoms with Crippen LogP contribution in [-0.2, 0) is 23.8 Å². The van der Waals surface area contributed by atoms with E-state index in [0.717, 1.165) is 0 Å². The SMILES string of the molecule is O=C(O)CPCC(=O)OCC1COC(=O)O1. The Bertz CT molecular complexity index is 290. The first kappa shape index (κ1) is 12.7. The summed E-state index contributed by atoms with van der Waals surface area (Å²) in [5, 5.41) is 8.34. The van der Waals surface area contributed by atoms with Crippen LogP contribution in [-0.4, -0.2) is 54.8 Å². The molecule has 0 bridgehead atoms. The molecule has 1 rings (SSSR count). The van der Waals surface area contributed by atoms with Gasteiger partial charge in [0.05, 0.1) is 12.3 Å². The van der Waals surface area contributed by atoms with E-state index >= 15 is 0 Å². The summed E-state index contributed by atoms with van der Waals surface area (Å²) < 4.78 is 13.9. The highest BCUT2D eigenvalue weighted by Crippen LogP contribution is 2.10. The second-order valence-corrected chi connectivity index (χ2v) is 4.19. The number of aliphatic carboxylic acids is 1. The fourth-order valence-corrected chi connectivity index (χ4v) is 1.60. The first-order valence-corrected chi connectivity index (χ1v) is 5.91. The first-order valence-electron chi connectivity index (χ1n) is 4.49. The van der Waals surface area contributed by atoms with Crippen LogP contribution in [0.2, 0.25) is 0 Å². The summed E-state index contributed by atoms with van der Waals surface area (Å²) in [6.45, 7) is 0.0195. The molecule has 1 heterocycles. The normalized spacial score (nSPS) is 19.5. The third kappa shape index (κ3) is 4.93. The maximum absolute atomic E-state index is 11.1. The topological polar surface area (TPSA) is 99.1 Å². The Hall–Kier alpha value is -1.36. The second kappa shape index (κ2) is 6.27. The van der Waals surface area contributed by atoms with Gasteiger partial charge in [-0.05, 0) is 0 Å². The molecule has 8 heteroatoms. The van der Waals surface area contributed by atoms with E-state index in [1.807, 2.05) is 0 Å². The molecule has 1 aliphatic rings. The summed E-state index contributed by atoms with van der Waals surface area (Å²) in [5.74, 6) is -1.44. The fourth-order valence-electron chi connectivity index (χ4n) is 0.956. The number of cyclic esters (lactones) is 2. The molecular weight excluding hydrogens is 239 g/mol. The van der Waals surface area contributed by atoms with Gasteiger partial charge in [-0.1, -0.05) is 8.58 Å². The Balaban J connectivity index is 2.06. The fraction of sp³-hybridized carbons (Fsp3) is 0.625. The van der Waals surface area contributed by atoms with E-state index in [1.54, 1.807) is 0 Å². The summed E-state index contributed by atoms with van der Waals surface area (Å²) in [7, 11) is -0.00477. The molecule has 0 saturated carbocycles. The Morgan fingerprint density at radius 2 is 2.25 bits per heavy atom. The molecule has 1 fully saturated rings. The molecule has 1 aliphatic heterocycles. The van der Waals surface area contributed by atoms with Crippen LogP contribution in [0.15, 0.2) is 0 Å². The van der Waals surface area contributed by atoms with Gasteiger partial charge in [-0.15, -0.1) is 0 Å². The van der Waals surface area contributed by atoms with Crippen LogP contribution >= 0.6 is 8.58 Å². The van der Waals surface area contributed by atoms with Crippen LogP contribution in [0, 0.1) is 0 Å². The Kier molecular flexibility index (Phi) is 4.98. The predicted molar refractivity (Wildman–Crippen MR) is 52.9 cm³/mol. The van der Waals surface area contributed by atoms with Crippen molar-refractivity contribution in [1.29, 1.82) is 0 Å². The smallest absolute Gasteiger partial charge is 0.481 e. The third-order valence-corrected chi connectivity index (χ3v) is 2.72. The van der Waals surface area contributed by atoms with Crippen LogP contribution in [0.5, 0.6) is 0 Å². The quantitative estimate of drug-likeness (QED) is 0.516. The van der Waals surface area contributed by atoms with E-state index in [2.05, 4.69) is 9.47 Å². The van der Waals surface area contributed by atoms with Crippen molar-refractivity contribution >= 4 is 26.7 Å². The van der Waals surface area contributed by atoms with Crippen molar-refractivity contribution in [1.82, 2.24) is 0 Å². The summed E-state index contributed by atoms with van der Waals surface area (Å²) in [6.07, 6.45) is -1.31. The zero-order valence-corrected chi connectivity index (χ0v) is 9.30. The average Bonchev–Trinajstić information content (AvgIpc) is 2.61. The highest BCUT2D eigenvalue weighted by Gasteiger charge is 2.26. The number of carbonyl (C=O) groups is 3. The van der Waals surface area contributed by atoms with Crippen molar-refractivity contribution in [3.05, 3.63) is 0 Å². The Morgan fingerprint density at radius 3 is 2.81 bits per heavy atom. The van der Waals surface area contributed by atoms with Crippen LogP contribution in [0.4, 0.5) is 4.79 Å². The van der Waals surface area contributed by atoms with Gasteiger partial charge in [-0.25, -0.2) is 4.79 Å². The van der Waals surface area contributed by atoms with Gasteiger partial charge in [-0.2, -0.15) is 0 Å². The number of carbonyl (C=O) groups excluding carboxylic acids is 2. The van der Waals surface area contributed by atoms with Crippen molar-refractivity contribution in [2.45, 2.75) is 6.10 Å². The molecule has 7 nitrogen and oxygen atoms in total. The Labute approximate surface area is 92.8 Å². The lowest BCUT2D eigenvalue weighted by atomic mass is 10.4. The van der Waals surface area contributed by atoms with Crippen LogP contribution in [0.25, 0.3) is 0 Å². The Morgan fingerprint density at radius 1 is 1.50 bits per heavy atom. The average molecular weight is 250 g/mol. The zero-order valence-electron chi connectivity index (χ0n) is 8.30. The number of hydrogen-bond donors (Lipinski definition) is 1. The summed E-state index contributed by atoms with van der Waals surface area (Å²) in [6, 6.07) is 0. The highest BCUT2D eigenvalue weighted by atomic mass is 31.1. The van der Waals surface area contributed by atoms with E-state index in [1.165, 1.54) is 0 Å². The minimum atomic E-state index is -0.941. The minimum absolute atomic E-state index is 0.00477. The lowest BCUT2D eigenvalue weighted by Gasteiger charge is -2.07. The van der Waals surface area contributed by atoms with Crippen LogP contribution < -0.4 is 0 Å². The highest BCUT2D eigenvalue weighted by molar-refractivity contribution is 7.40. The summed E-state index contributed by atoms with van der Waals surface area (Å²) in [4.78, 5) is 31.7. The maximum atomic E-state index is 11.1. The van der Waals surface area contributed by atoms with Gasteiger partial charge < -0.3 is 19.3 Å². The number of rotatable bonds is 6. The monoisotopic (exact) mass is 250 g/mol. The van der Waals surface area contributed by atoms with Crippen molar-refractivity contribution in [3.63, 3.8) is 0 Å². The van der Waals surface area contributed by atoms with Gasteiger partial charge in [0.2, 0.25) is 0 Å². The number of hydrogen-bond acceptors (Lipinski definition) is 6. The number of ether oxygens (including phenoxy) is 3. The predicted octanol–water partition coefficient (Wildman–Crippen LogP) is -0.172. The molecule has 0 aromatic heterocycles. The molecule has 90 valence electrons. The maximum Gasteiger partial charge on any atom is 0.508 e. The molecule has 0 aromatic rings. The van der Waals surface area contributed by atoms with Crippen molar-refractivity contribution in [3.8, 4) is 0 Å². The molecule has 0 aliphatic carbocycles. The molecule has 2 unspecified atom stereocenters. The molecule has 1 saturated heterocycles. The van der Waals surface area contributed by atoms with Gasteiger partial charge >= 0.3 is 18.1 Å². The molecule has 0 aromatic carbocycles. The lowest BCUT2D eigenvalue weighted by Crippen LogP contribution is -2.21. The first-order chi connectivity index (χ1) is 7.58. The molecule has 0 radical (unpaired) electrons. The minimum Gasteiger partial charge on any atom is -0.481 e.